The topological polar surface area (TPSA) is 42.9 Å². The zero-order chi connectivity index (χ0) is 15.7. The number of nitrogens with zero attached hydrogens (tertiary/aromatic N) is 2. The van der Waals surface area contributed by atoms with Crippen molar-refractivity contribution in [3.05, 3.63) is 58.9 Å². The first-order chi connectivity index (χ1) is 10.4. The lowest BCUT2D eigenvalue weighted by Crippen LogP contribution is -2.27. The fourth-order valence-electron chi connectivity index (χ4n) is 2.61. The van der Waals surface area contributed by atoms with Gasteiger partial charge in [0.1, 0.15) is 5.82 Å². The Balaban J connectivity index is 1.92. The first kappa shape index (κ1) is 14.4. The van der Waals surface area contributed by atoms with Gasteiger partial charge in [-0.1, -0.05) is 25.7 Å². The van der Waals surface area contributed by atoms with Crippen molar-refractivity contribution in [3.63, 3.8) is 0 Å². The largest absolute Gasteiger partial charge is 0.294 e. The number of halogens is 1. The SMILES string of the molecule is CC1(C)CC(=O)c2cc(C#Cc3cncc(F)c3)cnc2C1. The Labute approximate surface area is 128 Å². The summed E-state index contributed by atoms with van der Waals surface area (Å²) in [5.74, 6) is 5.43. The van der Waals surface area contributed by atoms with Crippen LogP contribution in [0.4, 0.5) is 4.39 Å². The molecule has 110 valence electrons. The Morgan fingerprint density at radius 2 is 1.82 bits per heavy atom. The molecule has 4 heteroatoms. The minimum Gasteiger partial charge on any atom is -0.294 e. The Hall–Kier alpha value is -2.54. The fraction of sp³-hybridized carbons (Fsp3) is 0.278. The van der Waals surface area contributed by atoms with Crippen LogP contribution < -0.4 is 0 Å². The van der Waals surface area contributed by atoms with Crippen molar-refractivity contribution >= 4 is 5.78 Å². The lowest BCUT2D eigenvalue weighted by atomic mass is 9.75. The molecule has 3 nitrogen and oxygen atoms in total. The summed E-state index contributed by atoms with van der Waals surface area (Å²) in [6.07, 6.45) is 5.59. The van der Waals surface area contributed by atoms with E-state index in [1.165, 1.54) is 12.3 Å². The number of fused-ring (bicyclic) bond motifs is 1. The monoisotopic (exact) mass is 294 g/mol. The van der Waals surface area contributed by atoms with Crippen molar-refractivity contribution in [2.75, 3.05) is 0 Å². The van der Waals surface area contributed by atoms with Crippen LogP contribution in [0.3, 0.4) is 0 Å². The molecular weight excluding hydrogens is 279 g/mol. The van der Waals surface area contributed by atoms with Gasteiger partial charge in [-0.3, -0.25) is 14.8 Å². The van der Waals surface area contributed by atoms with Crippen LogP contribution in [0.25, 0.3) is 0 Å². The predicted octanol–water partition coefficient (Wildman–Crippen LogP) is 3.17. The molecule has 0 aromatic carbocycles. The zero-order valence-electron chi connectivity index (χ0n) is 12.5. The summed E-state index contributed by atoms with van der Waals surface area (Å²) in [4.78, 5) is 20.4. The second-order valence-corrected chi connectivity index (χ2v) is 6.30. The van der Waals surface area contributed by atoms with Crippen LogP contribution in [0.15, 0.2) is 30.7 Å². The number of carbonyl (C=O) groups excluding carboxylic acids is 1. The Morgan fingerprint density at radius 1 is 1.09 bits per heavy atom. The molecule has 0 amide bonds. The molecule has 0 spiro atoms. The highest BCUT2D eigenvalue weighted by Gasteiger charge is 2.31. The van der Waals surface area contributed by atoms with E-state index < -0.39 is 5.82 Å². The van der Waals surface area contributed by atoms with Crippen LogP contribution in [-0.4, -0.2) is 15.8 Å². The van der Waals surface area contributed by atoms with Crippen molar-refractivity contribution in [2.45, 2.75) is 26.7 Å². The third kappa shape index (κ3) is 3.04. The Bertz CT molecular complexity index is 815. The van der Waals surface area contributed by atoms with E-state index in [2.05, 4.69) is 35.7 Å². The number of Topliss-reactive ketones (excluding diaryl/α,β-unsaturated/α-hetero) is 1. The molecular formula is C18H15FN2O. The number of carbonyl (C=O) groups is 1. The van der Waals surface area contributed by atoms with E-state index in [-0.39, 0.29) is 11.2 Å². The zero-order valence-corrected chi connectivity index (χ0v) is 12.5. The average molecular weight is 294 g/mol. The molecule has 0 atom stereocenters. The molecule has 22 heavy (non-hydrogen) atoms. The quantitative estimate of drug-likeness (QED) is 0.701. The first-order valence-electron chi connectivity index (χ1n) is 7.08. The van der Waals surface area contributed by atoms with Gasteiger partial charge >= 0.3 is 0 Å². The molecule has 1 aliphatic rings. The number of rotatable bonds is 0. The van der Waals surface area contributed by atoms with Gasteiger partial charge in [-0.05, 0) is 24.0 Å². The molecule has 0 N–H and O–H groups in total. The normalized spacial score (nSPS) is 15.7. The average Bonchev–Trinajstić information content (AvgIpc) is 2.44. The van der Waals surface area contributed by atoms with Gasteiger partial charge < -0.3 is 0 Å². The molecule has 2 aromatic rings. The highest BCUT2D eigenvalue weighted by molar-refractivity contribution is 5.98. The van der Waals surface area contributed by atoms with Gasteiger partial charge in [0.2, 0.25) is 0 Å². The molecule has 0 saturated heterocycles. The number of hydrogen-bond acceptors (Lipinski definition) is 3. The molecule has 0 saturated carbocycles. The van der Waals surface area contributed by atoms with Crippen molar-refractivity contribution in [2.24, 2.45) is 5.41 Å². The summed E-state index contributed by atoms with van der Waals surface area (Å²) >= 11 is 0. The van der Waals surface area contributed by atoms with Gasteiger partial charge in [-0.25, -0.2) is 4.39 Å². The van der Waals surface area contributed by atoms with Gasteiger partial charge in [0.25, 0.3) is 0 Å². The Morgan fingerprint density at radius 3 is 2.55 bits per heavy atom. The molecule has 0 aliphatic heterocycles. The first-order valence-corrected chi connectivity index (χ1v) is 7.08. The van der Waals surface area contributed by atoms with Gasteiger partial charge in [-0.15, -0.1) is 0 Å². The van der Waals surface area contributed by atoms with E-state index in [1.54, 1.807) is 12.3 Å². The maximum absolute atomic E-state index is 13.1. The predicted molar refractivity (Wildman–Crippen MR) is 80.8 cm³/mol. The van der Waals surface area contributed by atoms with E-state index in [0.717, 1.165) is 18.3 Å². The van der Waals surface area contributed by atoms with Crippen LogP contribution in [0.1, 0.15) is 47.4 Å². The van der Waals surface area contributed by atoms with E-state index in [4.69, 9.17) is 0 Å². The van der Waals surface area contributed by atoms with Crippen molar-refractivity contribution < 1.29 is 9.18 Å². The molecule has 2 heterocycles. The van der Waals surface area contributed by atoms with E-state index in [0.29, 0.717) is 23.1 Å². The fourth-order valence-corrected chi connectivity index (χ4v) is 2.61. The van der Waals surface area contributed by atoms with Crippen molar-refractivity contribution in [1.29, 1.82) is 0 Å². The molecule has 0 fully saturated rings. The third-order valence-corrected chi connectivity index (χ3v) is 3.61. The second-order valence-electron chi connectivity index (χ2n) is 6.30. The van der Waals surface area contributed by atoms with Crippen LogP contribution in [-0.2, 0) is 6.42 Å². The summed E-state index contributed by atoms with van der Waals surface area (Å²) in [5, 5.41) is 0. The maximum atomic E-state index is 13.1. The summed E-state index contributed by atoms with van der Waals surface area (Å²) in [6, 6.07) is 3.10. The summed E-state index contributed by atoms with van der Waals surface area (Å²) in [7, 11) is 0. The number of ketones is 1. The van der Waals surface area contributed by atoms with Crippen LogP contribution >= 0.6 is 0 Å². The van der Waals surface area contributed by atoms with Crippen molar-refractivity contribution in [3.8, 4) is 11.8 Å². The van der Waals surface area contributed by atoms with E-state index in [1.807, 2.05) is 0 Å². The Kier molecular flexibility index (Phi) is 3.50. The standard InChI is InChI=1S/C18H15FN2O/c1-18(2)7-16-15(17(22)8-18)6-13(10-21-16)4-3-12-5-14(19)11-20-9-12/h5-6,9-11H,7-8H2,1-2H3. The molecule has 2 aromatic heterocycles. The number of hydrogen-bond donors (Lipinski definition) is 0. The summed E-state index contributed by atoms with van der Waals surface area (Å²) < 4.78 is 13.1. The lowest BCUT2D eigenvalue weighted by molar-refractivity contribution is 0.0910. The summed E-state index contributed by atoms with van der Waals surface area (Å²) in [5.41, 5.74) is 2.58. The van der Waals surface area contributed by atoms with Gasteiger partial charge in [0.05, 0.1) is 11.9 Å². The van der Waals surface area contributed by atoms with Gasteiger partial charge in [0, 0.05) is 35.5 Å². The number of aromatic nitrogens is 2. The van der Waals surface area contributed by atoms with Crippen LogP contribution in [0.5, 0.6) is 0 Å². The molecule has 0 unspecified atom stereocenters. The summed E-state index contributed by atoms with van der Waals surface area (Å²) in [6.45, 7) is 4.14. The lowest BCUT2D eigenvalue weighted by Gasteiger charge is -2.29. The highest BCUT2D eigenvalue weighted by atomic mass is 19.1. The highest BCUT2D eigenvalue weighted by Crippen LogP contribution is 2.33. The minimum absolute atomic E-state index is 0.0441. The smallest absolute Gasteiger partial charge is 0.165 e. The molecule has 0 bridgehead atoms. The molecule has 3 rings (SSSR count). The van der Waals surface area contributed by atoms with Crippen LogP contribution in [0, 0.1) is 23.1 Å². The second kappa shape index (κ2) is 5.34. The maximum Gasteiger partial charge on any atom is 0.165 e. The van der Waals surface area contributed by atoms with Gasteiger partial charge in [-0.2, -0.15) is 0 Å². The molecule has 1 aliphatic carbocycles. The minimum atomic E-state index is -0.423. The van der Waals surface area contributed by atoms with Crippen LogP contribution in [0.2, 0.25) is 0 Å². The number of pyridine rings is 2. The van der Waals surface area contributed by atoms with E-state index >= 15 is 0 Å². The third-order valence-electron chi connectivity index (χ3n) is 3.61. The van der Waals surface area contributed by atoms with E-state index in [9.17, 15) is 9.18 Å². The van der Waals surface area contributed by atoms with Crippen molar-refractivity contribution in [1.82, 2.24) is 9.97 Å². The van der Waals surface area contributed by atoms with Gasteiger partial charge in [0.15, 0.2) is 5.78 Å². The molecule has 0 radical (unpaired) electrons.